The number of aliphatic imine (C=N–C) groups is 1. The number of carbonyl (C=O) groups excluding carboxylic acids is 1. The Morgan fingerprint density at radius 2 is 2.33 bits per heavy atom. The number of thioether (sulfide) groups is 1. The number of furan rings is 1. The fourth-order valence-corrected chi connectivity index (χ4v) is 2.22. The van der Waals surface area contributed by atoms with E-state index in [-0.39, 0.29) is 11.4 Å². The molecule has 3 rings (SSSR count). The molecule has 0 aromatic carbocycles. The summed E-state index contributed by atoms with van der Waals surface area (Å²) in [7, 11) is 0. The maximum atomic E-state index is 11.8. The smallest absolute Gasteiger partial charge is 0.283 e. The zero-order valence-electron chi connectivity index (χ0n) is 9.38. The molecule has 0 fully saturated rings. The van der Waals surface area contributed by atoms with Crippen molar-refractivity contribution < 1.29 is 9.21 Å². The molecule has 6 nitrogen and oxygen atoms in total. The first kappa shape index (κ1) is 11.0. The maximum Gasteiger partial charge on any atom is 0.283 e. The number of fused-ring (bicyclic) bond motifs is 1. The molecule has 1 N–H and O–H groups in total. The van der Waals surface area contributed by atoms with E-state index in [1.165, 1.54) is 22.8 Å². The highest BCUT2D eigenvalue weighted by Crippen LogP contribution is 2.25. The molecular formula is C11H8N4O2S. The van der Waals surface area contributed by atoms with Crippen molar-refractivity contribution in [3.8, 4) is 0 Å². The molecule has 0 unspecified atom stereocenters. The van der Waals surface area contributed by atoms with Crippen molar-refractivity contribution in [2.75, 3.05) is 0 Å². The largest absolute Gasteiger partial charge is 0.462 e. The third-order valence-corrected chi connectivity index (χ3v) is 3.12. The van der Waals surface area contributed by atoms with Crippen LogP contribution in [0.2, 0.25) is 0 Å². The number of amides is 1. The normalized spacial score (nSPS) is 20.6. The number of aryl methyl sites for hydroxylation is 1. The molecule has 0 aliphatic carbocycles. The maximum absolute atomic E-state index is 11.8. The summed E-state index contributed by atoms with van der Waals surface area (Å²) in [5.41, 5.74) is 1.72. The van der Waals surface area contributed by atoms with Gasteiger partial charge in [0.25, 0.3) is 5.91 Å². The summed E-state index contributed by atoms with van der Waals surface area (Å²) in [6.07, 6.45) is 1.51. The summed E-state index contributed by atoms with van der Waals surface area (Å²) in [4.78, 5) is 15.7. The van der Waals surface area contributed by atoms with Crippen molar-refractivity contribution in [2.24, 2.45) is 10.1 Å². The van der Waals surface area contributed by atoms with Crippen LogP contribution in [0.25, 0.3) is 6.08 Å². The van der Waals surface area contributed by atoms with Gasteiger partial charge in [0.2, 0.25) is 0 Å². The van der Waals surface area contributed by atoms with Crippen LogP contribution in [0.4, 0.5) is 0 Å². The minimum Gasteiger partial charge on any atom is -0.462 e. The van der Waals surface area contributed by atoms with E-state index in [9.17, 15) is 4.79 Å². The molecule has 0 saturated heterocycles. The van der Waals surface area contributed by atoms with E-state index in [0.29, 0.717) is 10.9 Å². The van der Waals surface area contributed by atoms with Gasteiger partial charge in [0.15, 0.2) is 11.0 Å². The van der Waals surface area contributed by atoms with Crippen molar-refractivity contribution in [3.05, 3.63) is 29.2 Å². The van der Waals surface area contributed by atoms with Gasteiger partial charge in [-0.05, 0) is 36.9 Å². The van der Waals surface area contributed by atoms with Gasteiger partial charge in [0, 0.05) is 0 Å². The average Bonchev–Trinajstić information content (AvgIpc) is 2.93. The molecule has 18 heavy (non-hydrogen) atoms. The molecule has 7 heteroatoms. The van der Waals surface area contributed by atoms with Crippen LogP contribution >= 0.6 is 11.8 Å². The van der Waals surface area contributed by atoms with Gasteiger partial charge in [0.05, 0.1) is 11.1 Å². The van der Waals surface area contributed by atoms with Crippen LogP contribution in [-0.4, -0.2) is 27.5 Å². The second kappa shape index (κ2) is 3.95. The van der Waals surface area contributed by atoms with E-state index in [0.717, 1.165) is 5.76 Å². The SMILES string of the molecule is Cc1ccc(/C=C2/C(=N)N3N=CSC3=NC2=O)o1. The molecule has 0 spiro atoms. The first-order chi connectivity index (χ1) is 8.65. The summed E-state index contributed by atoms with van der Waals surface area (Å²) in [5.74, 6) is 0.837. The number of hydrazone groups is 1. The lowest BCUT2D eigenvalue weighted by atomic mass is 10.1. The number of rotatable bonds is 1. The number of carbonyl (C=O) groups is 1. The Balaban J connectivity index is 2.02. The lowest BCUT2D eigenvalue weighted by molar-refractivity contribution is -0.114. The van der Waals surface area contributed by atoms with Crippen LogP contribution in [0.3, 0.4) is 0 Å². The predicted molar refractivity (Wildman–Crippen MR) is 69.5 cm³/mol. The van der Waals surface area contributed by atoms with Crippen LogP contribution in [0.1, 0.15) is 11.5 Å². The fraction of sp³-hybridized carbons (Fsp3) is 0.0909. The van der Waals surface area contributed by atoms with Gasteiger partial charge in [-0.1, -0.05) is 0 Å². The molecular weight excluding hydrogens is 252 g/mol. The highest BCUT2D eigenvalue weighted by Gasteiger charge is 2.32. The summed E-state index contributed by atoms with van der Waals surface area (Å²) in [6.45, 7) is 1.81. The van der Waals surface area contributed by atoms with Gasteiger partial charge in [-0.3, -0.25) is 10.2 Å². The van der Waals surface area contributed by atoms with Gasteiger partial charge in [-0.15, -0.1) is 0 Å². The van der Waals surface area contributed by atoms with Crippen LogP contribution in [0.15, 0.2) is 32.2 Å². The molecule has 1 amide bonds. The zero-order valence-corrected chi connectivity index (χ0v) is 10.2. The number of nitrogens with one attached hydrogen (secondary N) is 1. The van der Waals surface area contributed by atoms with Crippen LogP contribution in [0.5, 0.6) is 0 Å². The highest BCUT2D eigenvalue weighted by molar-refractivity contribution is 8.25. The summed E-state index contributed by atoms with van der Waals surface area (Å²) in [6, 6.07) is 3.53. The second-order valence-corrected chi connectivity index (χ2v) is 4.52. The summed E-state index contributed by atoms with van der Waals surface area (Å²) >= 11 is 1.22. The number of nitrogens with zero attached hydrogens (tertiary/aromatic N) is 3. The van der Waals surface area contributed by atoms with Crippen LogP contribution in [0, 0.1) is 12.3 Å². The van der Waals surface area contributed by atoms with E-state index in [4.69, 9.17) is 9.83 Å². The van der Waals surface area contributed by atoms with Gasteiger partial charge >= 0.3 is 0 Å². The lowest BCUT2D eigenvalue weighted by Crippen LogP contribution is -2.35. The van der Waals surface area contributed by atoms with Gasteiger partial charge in [-0.25, -0.2) is 0 Å². The fourth-order valence-electron chi connectivity index (χ4n) is 1.61. The lowest BCUT2D eigenvalue weighted by Gasteiger charge is -2.19. The Morgan fingerprint density at radius 3 is 3.06 bits per heavy atom. The molecule has 0 atom stereocenters. The monoisotopic (exact) mass is 260 g/mol. The zero-order chi connectivity index (χ0) is 12.7. The Labute approximate surface area is 107 Å². The minimum absolute atomic E-state index is 0.0142. The van der Waals surface area contributed by atoms with Crippen molar-refractivity contribution in [1.29, 1.82) is 5.41 Å². The van der Waals surface area contributed by atoms with E-state index in [1.54, 1.807) is 17.7 Å². The molecule has 90 valence electrons. The third kappa shape index (κ3) is 1.68. The highest BCUT2D eigenvalue weighted by atomic mass is 32.2. The first-order valence-corrected chi connectivity index (χ1v) is 6.02. The second-order valence-electron chi connectivity index (χ2n) is 3.71. The molecule has 0 radical (unpaired) electrons. The molecule has 3 heterocycles. The van der Waals surface area contributed by atoms with E-state index in [2.05, 4.69) is 10.1 Å². The molecule has 0 bridgehead atoms. The summed E-state index contributed by atoms with van der Waals surface area (Å²) < 4.78 is 5.36. The molecule has 2 aliphatic heterocycles. The minimum atomic E-state index is -0.446. The molecule has 0 saturated carbocycles. The van der Waals surface area contributed by atoms with Crippen molar-refractivity contribution in [2.45, 2.75) is 6.92 Å². The Bertz CT molecular complexity index is 641. The Morgan fingerprint density at radius 1 is 1.50 bits per heavy atom. The Hall–Kier alpha value is -2.15. The number of amidine groups is 2. The predicted octanol–water partition coefficient (Wildman–Crippen LogP) is 1.84. The van der Waals surface area contributed by atoms with Gasteiger partial charge in [-0.2, -0.15) is 15.1 Å². The third-order valence-electron chi connectivity index (χ3n) is 2.44. The van der Waals surface area contributed by atoms with E-state index in [1.807, 2.05) is 6.92 Å². The standard InChI is InChI=1S/C11H8N4O2S/c1-6-2-3-7(17-6)4-8-9(12)15-11(14-10(8)16)18-5-13-15/h2-5,12H,1H3/b8-4-,12-9?. The Kier molecular flexibility index (Phi) is 2.41. The average molecular weight is 260 g/mol. The van der Waals surface area contributed by atoms with E-state index >= 15 is 0 Å². The number of hydrogen-bond acceptors (Lipinski definition) is 5. The number of hydrogen-bond donors (Lipinski definition) is 1. The quantitative estimate of drug-likeness (QED) is 0.781. The first-order valence-electron chi connectivity index (χ1n) is 5.14. The van der Waals surface area contributed by atoms with Gasteiger partial charge in [0.1, 0.15) is 11.5 Å². The van der Waals surface area contributed by atoms with Gasteiger partial charge < -0.3 is 4.42 Å². The topological polar surface area (TPSA) is 82.0 Å². The van der Waals surface area contributed by atoms with Crippen molar-refractivity contribution >= 4 is 40.3 Å². The summed E-state index contributed by atoms with van der Waals surface area (Å²) in [5, 5.41) is 13.7. The molecule has 2 aliphatic rings. The van der Waals surface area contributed by atoms with Crippen LogP contribution < -0.4 is 0 Å². The van der Waals surface area contributed by atoms with Crippen molar-refractivity contribution in [1.82, 2.24) is 5.01 Å². The van der Waals surface area contributed by atoms with E-state index < -0.39 is 5.91 Å². The molecule has 1 aromatic rings. The molecule has 1 aromatic heterocycles. The van der Waals surface area contributed by atoms with Crippen LogP contribution in [-0.2, 0) is 4.79 Å². The van der Waals surface area contributed by atoms with Crippen molar-refractivity contribution in [3.63, 3.8) is 0 Å².